The Morgan fingerprint density at radius 1 is 1.03 bits per heavy atom. The highest BCUT2D eigenvalue weighted by Gasteiger charge is 2.22. The van der Waals surface area contributed by atoms with Crippen molar-refractivity contribution in [1.29, 1.82) is 0 Å². The molecule has 37 heavy (non-hydrogen) atoms. The Morgan fingerprint density at radius 2 is 1.76 bits per heavy atom. The molecule has 8 heteroatoms. The van der Waals surface area contributed by atoms with E-state index in [1.165, 1.54) is 6.07 Å². The van der Waals surface area contributed by atoms with Crippen LogP contribution in [0, 0.1) is 6.92 Å². The monoisotopic (exact) mass is 525 g/mol. The Balaban J connectivity index is 1.60. The van der Waals surface area contributed by atoms with Crippen molar-refractivity contribution in [3.8, 4) is 5.75 Å². The third-order valence-corrected chi connectivity index (χ3v) is 6.86. The summed E-state index contributed by atoms with van der Waals surface area (Å²) < 4.78 is 1.58. The van der Waals surface area contributed by atoms with Crippen LogP contribution in [0.3, 0.4) is 0 Å². The number of fused-ring (bicyclic) bond motifs is 1. The van der Waals surface area contributed by atoms with Gasteiger partial charge in [-0.25, -0.2) is 0 Å². The lowest BCUT2D eigenvalue weighted by atomic mass is 10.1. The lowest BCUT2D eigenvalue weighted by molar-refractivity contribution is -0.130. The summed E-state index contributed by atoms with van der Waals surface area (Å²) in [7, 11) is 1.85. The molecule has 198 valence electrons. The number of phenolic OH excluding ortho intramolecular Hbond substituents is 1. The third kappa shape index (κ3) is 7.35. The highest BCUT2D eigenvalue weighted by atomic mass is 35.5. The molecule has 0 aliphatic heterocycles. The molecule has 0 bridgehead atoms. The Kier molecular flexibility index (Phi) is 10.1. The third-order valence-electron chi connectivity index (χ3n) is 6.61. The summed E-state index contributed by atoms with van der Waals surface area (Å²) in [5.74, 6) is -0.146. The van der Waals surface area contributed by atoms with Crippen molar-refractivity contribution < 1.29 is 19.5 Å². The van der Waals surface area contributed by atoms with Gasteiger partial charge in [0.25, 0.3) is 5.91 Å². The largest absolute Gasteiger partial charge is 0.508 e. The van der Waals surface area contributed by atoms with Crippen LogP contribution in [-0.4, -0.2) is 52.4 Å². The van der Waals surface area contributed by atoms with E-state index in [2.05, 4.69) is 12.2 Å². The Bertz CT molecular complexity index is 1250. The molecular weight excluding hydrogens is 490 g/mol. The van der Waals surface area contributed by atoms with Crippen LogP contribution < -0.4 is 5.32 Å². The number of aromatic hydroxyl groups is 1. The molecule has 2 aromatic carbocycles. The van der Waals surface area contributed by atoms with E-state index in [1.54, 1.807) is 45.9 Å². The average molecular weight is 526 g/mol. The van der Waals surface area contributed by atoms with Gasteiger partial charge in [-0.15, -0.1) is 0 Å². The number of rotatable bonds is 12. The van der Waals surface area contributed by atoms with Crippen LogP contribution in [-0.2, 0) is 16.0 Å². The standard InChI is InChI=1S/C29H36ClN3O4/c1-4-5-17-32(3)28(36)9-7-6-8-16-31-27(35)19-24-20(2)33(26-15-14-23(34)18-25(24)26)29(37)21-10-12-22(30)13-11-21/h10-15,18,34H,4-9,16-17,19H2,1-3H3,(H,31,35). The molecule has 2 amide bonds. The van der Waals surface area contributed by atoms with Gasteiger partial charge in [0.1, 0.15) is 5.75 Å². The first-order chi connectivity index (χ1) is 17.7. The summed E-state index contributed by atoms with van der Waals surface area (Å²) in [5, 5.41) is 14.2. The smallest absolute Gasteiger partial charge is 0.262 e. The molecule has 0 saturated carbocycles. The van der Waals surface area contributed by atoms with Crippen molar-refractivity contribution in [1.82, 2.24) is 14.8 Å². The molecule has 0 saturated heterocycles. The number of nitrogens with one attached hydrogen (secondary N) is 1. The zero-order valence-electron chi connectivity index (χ0n) is 21.8. The van der Waals surface area contributed by atoms with Crippen LogP contribution in [0.25, 0.3) is 10.9 Å². The van der Waals surface area contributed by atoms with Crippen molar-refractivity contribution in [2.24, 2.45) is 0 Å². The maximum Gasteiger partial charge on any atom is 0.262 e. The minimum absolute atomic E-state index is 0.0696. The fraction of sp³-hybridized carbons (Fsp3) is 0.414. The molecule has 0 aliphatic carbocycles. The van der Waals surface area contributed by atoms with Gasteiger partial charge < -0.3 is 15.3 Å². The number of amides is 2. The minimum atomic E-state index is -0.230. The molecule has 0 radical (unpaired) electrons. The van der Waals surface area contributed by atoms with Gasteiger partial charge in [-0.05, 0) is 74.2 Å². The predicted molar refractivity (Wildman–Crippen MR) is 147 cm³/mol. The number of nitrogens with zero attached hydrogens (tertiary/aromatic N) is 2. The van der Waals surface area contributed by atoms with E-state index in [1.807, 2.05) is 14.0 Å². The molecule has 0 spiro atoms. The van der Waals surface area contributed by atoms with E-state index in [9.17, 15) is 19.5 Å². The van der Waals surface area contributed by atoms with Gasteiger partial charge in [-0.1, -0.05) is 31.4 Å². The summed E-state index contributed by atoms with van der Waals surface area (Å²) in [6.07, 6.45) is 5.14. The molecule has 0 fully saturated rings. The summed E-state index contributed by atoms with van der Waals surface area (Å²) in [5.41, 5.74) is 2.46. The Morgan fingerprint density at radius 3 is 2.46 bits per heavy atom. The van der Waals surface area contributed by atoms with Gasteiger partial charge in [0.2, 0.25) is 11.8 Å². The van der Waals surface area contributed by atoms with Gasteiger partial charge in [0, 0.05) is 48.2 Å². The molecular formula is C29H36ClN3O4. The van der Waals surface area contributed by atoms with E-state index >= 15 is 0 Å². The van der Waals surface area contributed by atoms with Gasteiger partial charge >= 0.3 is 0 Å². The number of carbonyl (C=O) groups is 3. The number of benzene rings is 2. The summed E-state index contributed by atoms with van der Waals surface area (Å²) in [6.45, 7) is 5.23. The maximum absolute atomic E-state index is 13.3. The van der Waals surface area contributed by atoms with Gasteiger partial charge in [-0.3, -0.25) is 19.0 Å². The van der Waals surface area contributed by atoms with Crippen molar-refractivity contribution in [3.63, 3.8) is 0 Å². The van der Waals surface area contributed by atoms with Crippen LogP contribution in [0.2, 0.25) is 5.02 Å². The molecule has 3 aromatic rings. The lowest BCUT2D eigenvalue weighted by Crippen LogP contribution is -2.27. The Labute approximate surface area is 223 Å². The second kappa shape index (κ2) is 13.3. The molecule has 0 atom stereocenters. The van der Waals surface area contributed by atoms with Crippen molar-refractivity contribution in [2.45, 2.75) is 58.8 Å². The van der Waals surface area contributed by atoms with E-state index in [0.29, 0.717) is 45.7 Å². The van der Waals surface area contributed by atoms with E-state index in [4.69, 9.17) is 11.6 Å². The SMILES string of the molecule is CCCCN(C)C(=O)CCCCCNC(=O)Cc1c(C)n(C(=O)c2ccc(Cl)cc2)c2ccc(O)cc12. The lowest BCUT2D eigenvalue weighted by Gasteiger charge is -2.16. The van der Waals surface area contributed by atoms with Crippen molar-refractivity contribution in [3.05, 3.63) is 64.3 Å². The number of hydrogen-bond acceptors (Lipinski definition) is 4. The number of aromatic nitrogens is 1. The fourth-order valence-electron chi connectivity index (χ4n) is 4.42. The van der Waals surface area contributed by atoms with Crippen LogP contribution in [0.5, 0.6) is 5.75 Å². The molecule has 0 aliphatic rings. The quantitative estimate of drug-likeness (QED) is 0.306. The molecule has 1 heterocycles. The predicted octanol–water partition coefficient (Wildman–Crippen LogP) is 5.47. The van der Waals surface area contributed by atoms with Gasteiger partial charge in [0.05, 0.1) is 11.9 Å². The van der Waals surface area contributed by atoms with E-state index in [0.717, 1.165) is 38.6 Å². The summed E-state index contributed by atoms with van der Waals surface area (Å²) in [6, 6.07) is 11.5. The van der Waals surface area contributed by atoms with Gasteiger partial charge in [0.15, 0.2) is 0 Å². The molecule has 1 aromatic heterocycles. The zero-order valence-corrected chi connectivity index (χ0v) is 22.6. The van der Waals surface area contributed by atoms with E-state index in [-0.39, 0.29) is 29.9 Å². The number of halogens is 1. The van der Waals surface area contributed by atoms with Crippen LogP contribution in [0.15, 0.2) is 42.5 Å². The van der Waals surface area contributed by atoms with Gasteiger partial charge in [-0.2, -0.15) is 0 Å². The van der Waals surface area contributed by atoms with Crippen molar-refractivity contribution in [2.75, 3.05) is 20.1 Å². The highest BCUT2D eigenvalue weighted by Crippen LogP contribution is 2.30. The molecule has 3 rings (SSSR count). The summed E-state index contributed by atoms with van der Waals surface area (Å²) >= 11 is 5.97. The normalized spacial score (nSPS) is 11.0. The van der Waals surface area contributed by atoms with Crippen LogP contribution >= 0.6 is 11.6 Å². The molecule has 2 N–H and O–H groups in total. The number of phenols is 1. The first kappa shape index (κ1) is 28.3. The molecule has 0 unspecified atom stereocenters. The Hall–Kier alpha value is -3.32. The number of unbranched alkanes of at least 4 members (excludes halogenated alkanes) is 3. The first-order valence-electron chi connectivity index (χ1n) is 12.9. The van der Waals surface area contributed by atoms with Crippen LogP contribution in [0.1, 0.15) is 67.1 Å². The minimum Gasteiger partial charge on any atom is -0.508 e. The summed E-state index contributed by atoms with van der Waals surface area (Å²) in [4.78, 5) is 40.0. The average Bonchev–Trinajstić information content (AvgIpc) is 3.14. The second-order valence-corrected chi connectivity index (χ2v) is 9.86. The fourth-order valence-corrected chi connectivity index (χ4v) is 4.54. The van der Waals surface area contributed by atoms with Crippen molar-refractivity contribution >= 4 is 40.2 Å². The van der Waals surface area contributed by atoms with E-state index < -0.39 is 0 Å². The van der Waals surface area contributed by atoms with Crippen LogP contribution in [0.4, 0.5) is 0 Å². The molecule has 7 nitrogen and oxygen atoms in total. The number of carbonyl (C=O) groups excluding carboxylic acids is 3. The topological polar surface area (TPSA) is 91.6 Å². The zero-order chi connectivity index (χ0) is 26.9. The second-order valence-electron chi connectivity index (χ2n) is 9.42. The number of hydrogen-bond donors (Lipinski definition) is 2. The maximum atomic E-state index is 13.3. The highest BCUT2D eigenvalue weighted by molar-refractivity contribution is 6.30. The first-order valence-corrected chi connectivity index (χ1v) is 13.2.